The molecule has 6 heteroatoms. The third kappa shape index (κ3) is 15.6. The first-order chi connectivity index (χ1) is 10.8. The molecule has 0 spiro atoms. The second kappa shape index (κ2) is 19.4. The first kappa shape index (κ1) is 24.1. The summed E-state index contributed by atoms with van der Waals surface area (Å²) in [5.41, 5.74) is 0. The molecule has 0 nitrogen and oxygen atoms in total. The molecule has 0 radical (unpaired) electrons. The fourth-order valence-electron chi connectivity index (χ4n) is 2.06. The molecule has 0 aliphatic carbocycles. The number of thiol groups is 2. The molecule has 0 N–H and O–H groups in total. The molecule has 0 fully saturated rings. The van der Waals surface area contributed by atoms with Crippen LogP contribution in [0.25, 0.3) is 0 Å². The van der Waals surface area contributed by atoms with Crippen molar-refractivity contribution in [2.45, 2.75) is 50.0 Å². The Hall–Kier alpha value is 2.10. The van der Waals surface area contributed by atoms with Crippen molar-refractivity contribution in [2.75, 3.05) is 46.0 Å². The predicted molar refractivity (Wildman–Crippen MR) is 125 cm³/mol. The van der Waals surface area contributed by atoms with Gasteiger partial charge in [-0.1, -0.05) is 26.7 Å². The maximum atomic E-state index is 4.32. The normalized spacial score (nSPS) is 14.2. The van der Waals surface area contributed by atoms with Gasteiger partial charge in [-0.15, -0.1) is 0 Å². The van der Waals surface area contributed by atoms with Gasteiger partial charge in [0.1, 0.15) is 0 Å². The van der Waals surface area contributed by atoms with E-state index in [1.54, 1.807) is 0 Å². The van der Waals surface area contributed by atoms with Crippen LogP contribution in [0.3, 0.4) is 0 Å². The van der Waals surface area contributed by atoms with E-state index in [-0.39, 0.29) is 0 Å². The van der Waals surface area contributed by atoms with E-state index in [4.69, 9.17) is 0 Å². The lowest BCUT2D eigenvalue weighted by Gasteiger charge is -2.16. The minimum atomic E-state index is 0.839. The largest absolute Gasteiger partial charge is 0.179 e. The van der Waals surface area contributed by atoms with E-state index in [1.165, 1.54) is 60.2 Å². The van der Waals surface area contributed by atoms with E-state index in [0.29, 0.717) is 0 Å². The highest BCUT2D eigenvalue weighted by Crippen LogP contribution is 2.24. The molecule has 0 aromatic carbocycles. The minimum Gasteiger partial charge on any atom is -0.179 e. The predicted octanol–water partition coefficient (Wildman–Crippen LogP) is 6.12. The molecule has 2 unspecified atom stereocenters. The molecule has 0 aliphatic heterocycles. The van der Waals surface area contributed by atoms with Gasteiger partial charge in [0.2, 0.25) is 0 Å². The Labute approximate surface area is 167 Å². The molecular formula is C16H34S6. The van der Waals surface area contributed by atoms with Crippen molar-refractivity contribution in [1.29, 1.82) is 0 Å². The van der Waals surface area contributed by atoms with E-state index in [9.17, 15) is 0 Å². The van der Waals surface area contributed by atoms with Crippen molar-refractivity contribution in [3.8, 4) is 0 Å². The Morgan fingerprint density at radius 3 is 1.41 bits per heavy atom. The maximum absolute atomic E-state index is 4.32. The summed E-state index contributed by atoms with van der Waals surface area (Å²) in [7, 11) is 0. The molecule has 0 heterocycles. The van der Waals surface area contributed by atoms with Gasteiger partial charge in [-0.2, -0.15) is 72.3 Å². The van der Waals surface area contributed by atoms with Crippen molar-refractivity contribution in [2.24, 2.45) is 0 Å². The molecule has 0 saturated heterocycles. The first-order valence-electron chi connectivity index (χ1n) is 8.38. The Morgan fingerprint density at radius 2 is 1.09 bits per heavy atom. The van der Waals surface area contributed by atoms with Crippen LogP contribution in [0.5, 0.6) is 0 Å². The first-order valence-corrected chi connectivity index (χ1v) is 14.1. The molecule has 0 rings (SSSR count). The van der Waals surface area contributed by atoms with Crippen molar-refractivity contribution in [3.05, 3.63) is 0 Å². The van der Waals surface area contributed by atoms with Crippen LogP contribution >= 0.6 is 72.3 Å². The van der Waals surface area contributed by atoms with Gasteiger partial charge in [-0.25, -0.2) is 0 Å². The lowest BCUT2D eigenvalue weighted by Crippen LogP contribution is -2.10. The lowest BCUT2D eigenvalue weighted by molar-refractivity contribution is 0.793. The monoisotopic (exact) mass is 418 g/mol. The van der Waals surface area contributed by atoms with Crippen LogP contribution in [0.1, 0.15) is 39.5 Å². The zero-order valence-electron chi connectivity index (χ0n) is 14.2. The van der Waals surface area contributed by atoms with Gasteiger partial charge in [-0.05, 0) is 24.3 Å². The van der Waals surface area contributed by atoms with E-state index in [1.807, 2.05) is 0 Å². The molecule has 0 aromatic rings. The van der Waals surface area contributed by atoms with Crippen molar-refractivity contribution in [1.82, 2.24) is 0 Å². The number of thioether (sulfide) groups is 4. The molecule has 0 saturated carbocycles. The van der Waals surface area contributed by atoms with E-state index in [2.05, 4.69) is 86.2 Å². The zero-order valence-corrected chi connectivity index (χ0v) is 19.2. The third-order valence-corrected chi connectivity index (χ3v) is 9.71. The molecule has 22 heavy (non-hydrogen) atoms. The SMILES string of the molecule is CCCC(CSCCSCC(CCC)SCCS)SCCS. The summed E-state index contributed by atoms with van der Waals surface area (Å²) >= 11 is 17.2. The zero-order chi connectivity index (χ0) is 16.5. The summed E-state index contributed by atoms with van der Waals surface area (Å²) in [6, 6.07) is 0. The average Bonchev–Trinajstić information content (AvgIpc) is 2.53. The van der Waals surface area contributed by atoms with Gasteiger partial charge in [0, 0.05) is 45.0 Å². The van der Waals surface area contributed by atoms with Crippen molar-refractivity contribution in [3.63, 3.8) is 0 Å². The van der Waals surface area contributed by atoms with Crippen LogP contribution in [-0.2, 0) is 0 Å². The number of hydrogen-bond acceptors (Lipinski definition) is 6. The van der Waals surface area contributed by atoms with E-state index in [0.717, 1.165) is 22.0 Å². The minimum absolute atomic E-state index is 0.839. The van der Waals surface area contributed by atoms with Gasteiger partial charge >= 0.3 is 0 Å². The van der Waals surface area contributed by atoms with Crippen molar-refractivity contribution < 1.29 is 0 Å². The molecular weight excluding hydrogens is 385 g/mol. The molecule has 0 aromatic heterocycles. The van der Waals surface area contributed by atoms with E-state index < -0.39 is 0 Å². The second-order valence-corrected chi connectivity index (χ2v) is 11.2. The van der Waals surface area contributed by atoms with Gasteiger partial charge in [0.05, 0.1) is 0 Å². The van der Waals surface area contributed by atoms with Crippen LogP contribution in [0.4, 0.5) is 0 Å². The van der Waals surface area contributed by atoms with Crippen LogP contribution in [0.2, 0.25) is 0 Å². The molecule has 0 bridgehead atoms. The highest BCUT2D eigenvalue weighted by molar-refractivity contribution is 8.05. The third-order valence-electron chi connectivity index (χ3n) is 3.09. The van der Waals surface area contributed by atoms with Crippen LogP contribution in [0, 0.1) is 0 Å². The molecule has 0 aliphatic rings. The van der Waals surface area contributed by atoms with Crippen molar-refractivity contribution >= 4 is 72.3 Å². The Balaban J connectivity index is 3.63. The summed E-state index contributed by atoms with van der Waals surface area (Å²) in [5, 5.41) is 1.68. The summed E-state index contributed by atoms with van der Waals surface area (Å²) in [6.07, 6.45) is 5.33. The standard InChI is InChI=1S/C16H34S6/c1-3-5-15(21-9-7-17)13-19-11-12-20-14-16(6-4-2)22-10-8-18/h15-18H,3-14H2,1-2H3. The maximum Gasteiger partial charge on any atom is 0.0138 e. The van der Waals surface area contributed by atoms with Gasteiger partial charge in [0.15, 0.2) is 0 Å². The van der Waals surface area contributed by atoms with Gasteiger partial charge < -0.3 is 0 Å². The van der Waals surface area contributed by atoms with Crippen LogP contribution in [0.15, 0.2) is 0 Å². The quantitative estimate of drug-likeness (QED) is 0.216. The van der Waals surface area contributed by atoms with Crippen LogP contribution in [-0.4, -0.2) is 56.5 Å². The Bertz CT molecular complexity index is 193. The lowest BCUT2D eigenvalue weighted by atomic mass is 10.3. The second-order valence-electron chi connectivity index (χ2n) is 5.16. The number of rotatable bonds is 17. The molecule has 2 atom stereocenters. The fraction of sp³-hybridized carbons (Fsp3) is 1.00. The van der Waals surface area contributed by atoms with Gasteiger partial charge in [-0.3, -0.25) is 0 Å². The topological polar surface area (TPSA) is 0 Å². The van der Waals surface area contributed by atoms with E-state index >= 15 is 0 Å². The summed E-state index contributed by atoms with van der Waals surface area (Å²) < 4.78 is 0. The Kier molecular flexibility index (Phi) is 21.3. The average molecular weight is 419 g/mol. The summed E-state index contributed by atoms with van der Waals surface area (Å²) in [5.74, 6) is 9.67. The smallest absolute Gasteiger partial charge is 0.0138 e. The molecule has 134 valence electrons. The molecule has 0 amide bonds. The fourth-order valence-corrected chi connectivity index (χ4v) is 7.86. The van der Waals surface area contributed by atoms with Crippen LogP contribution < -0.4 is 0 Å². The van der Waals surface area contributed by atoms with Gasteiger partial charge in [0.25, 0.3) is 0 Å². The summed E-state index contributed by atoms with van der Waals surface area (Å²) in [6.45, 7) is 4.59. The highest BCUT2D eigenvalue weighted by Gasteiger charge is 2.09. The highest BCUT2D eigenvalue weighted by atomic mass is 32.2. The Morgan fingerprint density at radius 1 is 0.682 bits per heavy atom. The number of hydrogen-bond donors (Lipinski definition) is 2. The summed E-state index contributed by atoms with van der Waals surface area (Å²) in [4.78, 5) is 0.